The number of hydrogen-bond acceptors (Lipinski definition) is 5. The zero-order chi connectivity index (χ0) is 11.9. The fourth-order valence-corrected chi connectivity index (χ4v) is 0.885. The van der Waals surface area contributed by atoms with Crippen molar-refractivity contribution in [3.05, 3.63) is 6.92 Å². The van der Waals surface area contributed by atoms with E-state index in [1.165, 1.54) is 0 Å². The summed E-state index contributed by atoms with van der Waals surface area (Å²) in [6, 6.07) is 0. The molecule has 5 nitrogen and oxygen atoms in total. The highest BCUT2D eigenvalue weighted by Crippen LogP contribution is 1.82. The maximum Gasteiger partial charge on any atom is 0.0701 e. The molecule has 0 aromatic heterocycles. The second kappa shape index (κ2) is 14.8. The van der Waals surface area contributed by atoms with Crippen LogP contribution < -0.4 is 0 Å². The molecule has 16 heavy (non-hydrogen) atoms. The predicted molar refractivity (Wildman–Crippen MR) is 59.5 cm³/mol. The summed E-state index contributed by atoms with van der Waals surface area (Å²) in [6.07, 6.45) is 0. The molecule has 0 aliphatic rings. The first-order chi connectivity index (χ1) is 7.91. The van der Waals surface area contributed by atoms with Crippen molar-refractivity contribution >= 4 is 0 Å². The normalized spacial score (nSPS) is 10.9. The van der Waals surface area contributed by atoms with E-state index in [2.05, 4.69) is 0 Å². The first kappa shape index (κ1) is 15.8. The monoisotopic (exact) mass is 234 g/mol. The maximum atomic E-state index is 5.26. The van der Waals surface area contributed by atoms with Crippen LogP contribution in [0.15, 0.2) is 0 Å². The Morgan fingerprint density at radius 1 is 0.625 bits per heavy atom. The number of rotatable bonds is 13. The Bertz CT molecular complexity index is 107. The topological polar surface area (TPSA) is 46.2 Å². The summed E-state index contributed by atoms with van der Waals surface area (Å²) in [7, 11) is 1.64. The van der Waals surface area contributed by atoms with Gasteiger partial charge in [-0.1, -0.05) is 0 Å². The van der Waals surface area contributed by atoms with Gasteiger partial charge in [0.1, 0.15) is 0 Å². The molecule has 0 unspecified atom stereocenters. The second-order valence-electron chi connectivity index (χ2n) is 2.90. The fraction of sp³-hybridized carbons (Fsp3) is 0.909. The van der Waals surface area contributed by atoms with Gasteiger partial charge in [0.2, 0.25) is 0 Å². The summed E-state index contributed by atoms with van der Waals surface area (Å²) in [5, 5.41) is 0. The molecule has 0 aromatic rings. The van der Waals surface area contributed by atoms with Gasteiger partial charge < -0.3 is 23.7 Å². The Balaban J connectivity index is 2.83. The fourth-order valence-electron chi connectivity index (χ4n) is 0.885. The lowest BCUT2D eigenvalue weighted by Gasteiger charge is -2.06. The van der Waals surface area contributed by atoms with Gasteiger partial charge >= 0.3 is 0 Å². The Labute approximate surface area is 98.0 Å². The van der Waals surface area contributed by atoms with E-state index in [0.29, 0.717) is 52.9 Å². The molecule has 0 saturated heterocycles. The lowest BCUT2D eigenvalue weighted by Crippen LogP contribution is -2.12. The first-order valence-corrected chi connectivity index (χ1v) is 5.41. The highest BCUT2D eigenvalue weighted by Gasteiger charge is 1.91. The van der Waals surface area contributed by atoms with E-state index in [1.54, 1.807) is 7.11 Å². The van der Waals surface area contributed by atoms with Crippen molar-refractivity contribution in [2.24, 2.45) is 0 Å². The summed E-state index contributed by atoms with van der Waals surface area (Å²) in [5.74, 6) is 0. The molecule has 0 aliphatic carbocycles. The molecule has 0 amide bonds. The van der Waals surface area contributed by atoms with Gasteiger partial charge in [-0.15, -0.1) is 0 Å². The molecular formula is C11H22O5. The van der Waals surface area contributed by atoms with Crippen LogP contribution in [-0.4, -0.2) is 66.6 Å². The molecule has 0 bridgehead atoms. The van der Waals surface area contributed by atoms with Gasteiger partial charge in [0.05, 0.1) is 59.5 Å². The third kappa shape index (κ3) is 13.8. The van der Waals surface area contributed by atoms with Gasteiger partial charge in [-0.2, -0.15) is 0 Å². The Morgan fingerprint density at radius 3 is 1.38 bits per heavy atom. The van der Waals surface area contributed by atoms with Gasteiger partial charge in [0.25, 0.3) is 0 Å². The van der Waals surface area contributed by atoms with Crippen molar-refractivity contribution in [1.29, 1.82) is 0 Å². The van der Waals surface area contributed by atoms with Crippen molar-refractivity contribution in [3.63, 3.8) is 0 Å². The maximum absolute atomic E-state index is 5.26. The number of ether oxygens (including phenoxy) is 5. The average Bonchev–Trinajstić information content (AvgIpc) is 2.31. The summed E-state index contributed by atoms with van der Waals surface area (Å²) in [5.41, 5.74) is 0. The molecule has 0 heterocycles. The summed E-state index contributed by atoms with van der Waals surface area (Å²) in [4.78, 5) is 0. The molecule has 0 fully saturated rings. The largest absolute Gasteiger partial charge is 0.382 e. The molecule has 5 heteroatoms. The summed E-state index contributed by atoms with van der Waals surface area (Å²) < 4.78 is 25.4. The molecule has 0 spiro atoms. The minimum atomic E-state index is 0.235. The van der Waals surface area contributed by atoms with Crippen molar-refractivity contribution in [3.8, 4) is 0 Å². The molecular weight excluding hydrogens is 212 g/mol. The van der Waals surface area contributed by atoms with Crippen LogP contribution in [0.4, 0.5) is 0 Å². The predicted octanol–water partition coefficient (Wildman–Crippen LogP) is 0.410. The second-order valence-corrected chi connectivity index (χ2v) is 2.90. The van der Waals surface area contributed by atoms with E-state index < -0.39 is 0 Å². The molecule has 96 valence electrons. The van der Waals surface area contributed by atoms with E-state index in [9.17, 15) is 0 Å². The number of hydrogen-bond donors (Lipinski definition) is 0. The zero-order valence-electron chi connectivity index (χ0n) is 9.98. The third-order valence-corrected chi connectivity index (χ3v) is 1.67. The SMILES string of the molecule is [CH]COCCOCCOCCOCCOC. The summed E-state index contributed by atoms with van der Waals surface area (Å²) >= 11 is 0. The van der Waals surface area contributed by atoms with Crippen molar-refractivity contribution in [2.75, 3.05) is 66.6 Å². The minimum Gasteiger partial charge on any atom is -0.382 e. The van der Waals surface area contributed by atoms with Crippen LogP contribution in [0.3, 0.4) is 0 Å². The van der Waals surface area contributed by atoms with Gasteiger partial charge in [-0.25, -0.2) is 0 Å². The lowest BCUT2D eigenvalue weighted by atomic mass is 10.7. The van der Waals surface area contributed by atoms with Crippen LogP contribution in [0.5, 0.6) is 0 Å². The molecule has 2 radical (unpaired) electrons. The molecule has 0 saturated carbocycles. The molecule has 0 N–H and O–H groups in total. The van der Waals surface area contributed by atoms with E-state index in [-0.39, 0.29) is 6.61 Å². The van der Waals surface area contributed by atoms with Gasteiger partial charge in [0.15, 0.2) is 0 Å². The molecule has 0 aliphatic heterocycles. The highest BCUT2D eigenvalue weighted by molar-refractivity contribution is 4.35. The van der Waals surface area contributed by atoms with Gasteiger partial charge in [-0.05, 0) is 6.92 Å². The van der Waals surface area contributed by atoms with Gasteiger partial charge in [0, 0.05) is 7.11 Å². The van der Waals surface area contributed by atoms with Crippen LogP contribution in [0.1, 0.15) is 0 Å². The van der Waals surface area contributed by atoms with E-state index in [0.717, 1.165) is 0 Å². The molecule has 0 atom stereocenters. The zero-order valence-corrected chi connectivity index (χ0v) is 9.98. The van der Waals surface area contributed by atoms with Crippen LogP contribution in [0.2, 0.25) is 0 Å². The van der Waals surface area contributed by atoms with Crippen LogP contribution in [0.25, 0.3) is 0 Å². The van der Waals surface area contributed by atoms with Gasteiger partial charge in [-0.3, -0.25) is 0 Å². The minimum absolute atomic E-state index is 0.235. The van der Waals surface area contributed by atoms with Crippen LogP contribution >= 0.6 is 0 Å². The standard InChI is InChI=1S/C11H22O5/c1-3-13-6-7-15-10-11-16-9-8-14-5-4-12-2/h1H,3-11H2,2H3. The van der Waals surface area contributed by atoms with Crippen molar-refractivity contribution in [2.45, 2.75) is 0 Å². The Morgan fingerprint density at radius 2 is 1.00 bits per heavy atom. The average molecular weight is 234 g/mol. The third-order valence-electron chi connectivity index (χ3n) is 1.67. The lowest BCUT2D eigenvalue weighted by molar-refractivity contribution is -0.00588. The van der Waals surface area contributed by atoms with Crippen molar-refractivity contribution < 1.29 is 23.7 Å². The Kier molecular flexibility index (Phi) is 14.6. The van der Waals surface area contributed by atoms with Crippen LogP contribution in [-0.2, 0) is 23.7 Å². The quantitative estimate of drug-likeness (QED) is 0.432. The molecule has 0 aromatic carbocycles. The van der Waals surface area contributed by atoms with E-state index in [1.807, 2.05) is 0 Å². The Hall–Kier alpha value is -0.200. The van der Waals surface area contributed by atoms with Crippen molar-refractivity contribution in [1.82, 2.24) is 0 Å². The highest BCUT2D eigenvalue weighted by atomic mass is 16.6. The first-order valence-electron chi connectivity index (χ1n) is 5.41. The summed E-state index contributed by atoms with van der Waals surface area (Å²) in [6.45, 7) is 9.94. The number of methoxy groups -OCH3 is 1. The smallest absolute Gasteiger partial charge is 0.0701 e. The molecule has 0 rings (SSSR count). The van der Waals surface area contributed by atoms with E-state index in [4.69, 9.17) is 30.6 Å². The van der Waals surface area contributed by atoms with E-state index >= 15 is 0 Å². The van der Waals surface area contributed by atoms with Crippen LogP contribution in [0, 0.1) is 6.92 Å².